The van der Waals surface area contributed by atoms with Crippen LogP contribution in [0.3, 0.4) is 0 Å². The molecular formula is C11H19ClN2O5. The number of carbonyl (C=O) groups is 3. The van der Waals surface area contributed by atoms with Crippen LogP contribution in [0, 0.1) is 0 Å². The SMILES string of the molecule is CCOC(=O)C(C)NC(=O)C(C)NC(=O)OCCCl. The van der Waals surface area contributed by atoms with Crippen molar-refractivity contribution >= 4 is 29.6 Å². The minimum atomic E-state index is -0.834. The molecule has 2 unspecified atom stereocenters. The predicted molar refractivity (Wildman–Crippen MR) is 68.9 cm³/mol. The summed E-state index contributed by atoms with van der Waals surface area (Å²) in [7, 11) is 0. The fourth-order valence-corrected chi connectivity index (χ4v) is 1.16. The largest absolute Gasteiger partial charge is 0.464 e. The third-order valence-corrected chi connectivity index (χ3v) is 2.19. The first-order valence-electron chi connectivity index (χ1n) is 5.88. The van der Waals surface area contributed by atoms with Crippen molar-refractivity contribution in [1.82, 2.24) is 10.6 Å². The fourth-order valence-electron chi connectivity index (χ4n) is 1.08. The number of alkyl carbamates (subject to hydrolysis) is 1. The minimum absolute atomic E-state index is 0.0565. The molecule has 0 fully saturated rings. The lowest BCUT2D eigenvalue weighted by molar-refractivity contribution is -0.147. The molecule has 0 spiro atoms. The monoisotopic (exact) mass is 294 g/mol. The molecule has 8 heteroatoms. The molecule has 0 aromatic heterocycles. The average molecular weight is 295 g/mol. The summed E-state index contributed by atoms with van der Waals surface area (Å²) in [6.45, 7) is 4.92. The molecule has 19 heavy (non-hydrogen) atoms. The molecule has 2 N–H and O–H groups in total. The number of hydrogen-bond acceptors (Lipinski definition) is 5. The fraction of sp³-hybridized carbons (Fsp3) is 0.727. The van der Waals surface area contributed by atoms with Crippen molar-refractivity contribution in [3.05, 3.63) is 0 Å². The Morgan fingerprint density at radius 3 is 2.26 bits per heavy atom. The van der Waals surface area contributed by atoms with Gasteiger partial charge in [0.05, 0.1) is 12.5 Å². The van der Waals surface area contributed by atoms with Crippen LogP contribution in [0.25, 0.3) is 0 Å². The third-order valence-electron chi connectivity index (χ3n) is 2.04. The lowest BCUT2D eigenvalue weighted by atomic mass is 10.2. The van der Waals surface area contributed by atoms with Gasteiger partial charge in [-0.25, -0.2) is 9.59 Å². The summed E-state index contributed by atoms with van der Waals surface area (Å²) in [4.78, 5) is 34.1. The molecule has 0 aromatic rings. The van der Waals surface area contributed by atoms with E-state index in [9.17, 15) is 14.4 Å². The summed E-state index contributed by atoms with van der Waals surface area (Å²) in [5.74, 6) is -0.871. The lowest BCUT2D eigenvalue weighted by Gasteiger charge is -2.17. The average Bonchev–Trinajstić information content (AvgIpc) is 2.36. The molecule has 0 saturated heterocycles. The number of rotatable bonds is 7. The van der Waals surface area contributed by atoms with Crippen LogP contribution in [0.1, 0.15) is 20.8 Å². The van der Waals surface area contributed by atoms with Crippen LogP contribution in [0.4, 0.5) is 4.79 Å². The second-order valence-corrected chi connectivity index (χ2v) is 4.05. The highest BCUT2D eigenvalue weighted by atomic mass is 35.5. The summed E-state index contributed by atoms with van der Waals surface area (Å²) in [5, 5.41) is 4.72. The highest BCUT2D eigenvalue weighted by Crippen LogP contribution is 1.92. The van der Waals surface area contributed by atoms with E-state index in [4.69, 9.17) is 16.3 Å². The van der Waals surface area contributed by atoms with Crippen LogP contribution >= 0.6 is 11.6 Å². The van der Waals surface area contributed by atoms with Crippen molar-refractivity contribution in [3.8, 4) is 0 Å². The molecule has 0 saturated carbocycles. The smallest absolute Gasteiger partial charge is 0.407 e. The quantitative estimate of drug-likeness (QED) is 0.524. The van der Waals surface area contributed by atoms with E-state index in [1.54, 1.807) is 6.92 Å². The molecule has 0 aliphatic carbocycles. The standard InChI is InChI=1S/C11H19ClN2O5/c1-4-18-10(16)8(3)13-9(15)7(2)14-11(17)19-6-5-12/h7-8H,4-6H2,1-3H3,(H,13,15)(H,14,17). The number of hydrogen-bond donors (Lipinski definition) is 2. The van der Waals surface area contributed by atoms with E-state index in [-0.39, 0.29) is 19.1 Å². The Kier molecular flexibility index (Phi) is 8.69. The van der Waals surface area contributed by atoms with Crippen LogP contribution < -0.4 is 10.6 Å². The zero-order chi connectivity index (χ0) is 14.8. The zero-order valence-corrected chi connectivity index (χ0v) is 12.0. The second kappa shape index (κ2) is 9.43. The number of halogens is 1. The Balaban J connectivity index is 4.12. The van der Waals surface area contributed by atoms with Gasteiger partial charge < -0.3 is 20.1 Å². The van der Waals surface area contributed by atoms with Crippen molar-refractivity contribution in [3.63, 3.8) is 0 Å². The Hall–Kier alpha value is -1.50. The minimum Gasteiger partial charge on any atom is -0.464 e. The first kappa shape index (κ1) is 17.5. The summed E-state index contributed by atoms with van der Waals surface area (Å²) in [6, 6.07) is -1.62. The zero-order valence-electron chi connectivity index (χ0n) is 11.2. The molecule has 0 heterocycles. The van der Waals surface area contributed by atoms with E-state index < -0.39 is 30.1 Å². The van der Waals surface area contributed by atoms with Crippen molar-refractivity contribution < 1.29 is 23.9 Å². The Bertz CT molecular complexity index is 324. The number of ether oxygens (including phenoxy) is 2. The molecule has 7 nitrogen and oxygen atoms in total. The molecule has 2 amide bonds. The molecule has 110 valence electrons. The molecule has 0 aliphatic heterocycles. The normalized spacial score (nSPS) is 13.1. The summed E-state index contributed by atoms with van der Waals surface area (Å²) < 4.78 is 9.39. The maximum Gasteiger partial charge on any atom is 0.407 e. The Morgan fingerprint density at radius 1 is 1.11 bits per heavy atom. The summed E-state index contributed by atoms with van der Waals surface area (Å²) in [6.07, 6.45) is -0.743. The van der Waals surface area contributed by atoms with Crippen LogP contribution in [-0.2, 0) is 19.1 Å². The molecule has 0 aromatic carbocycles. The first-order chi connectivity index (χ1) is 8.92. The first-order valence-corrected chi connectivity index (χ1v) is 6.42. The topological polar surface area (TPSA) is 93.7 Å². The van der Waals surface area contributed by atoms with Crippen molar-refractivity contribution in [2.75, 3.05) is 19.1 Å². The van der Waals surface area contributed by atoms with Crippen molar-refractivity contribution in [2.24, 2.45) is 0 Å². The summed E-state index contributed by atoms with van der Waals surface area (Å²) >= 11 is 5.34. The molecule has 0 bridgehead atoms. The number of carbonyl (C=O) groups excluding carboxylic acids is 3. The van der Waals surface area contributed by atoms with Crippen molar-refractivity contribution in [1.29, 1.82) is 0 Å². The Morgan fingerprint density at radius 2 is 1.74 bits per heavy atom. The number of nitrogens with one attached hydrogen (secondary N) is 2. The third kappa shape index (κ3) is 7.50. The van der Waals surface area contributed by atoms with Crippen LogP contribution in [0.15, 0.2) is 0 Å². The highest BCUT2D eigenvalue weighted by molar-refractivity contribution is 6.18. The van der Waals surface area contributed by atoms with Gasteiger partial charge in [-0.05, 0) is 20.8 Å². The van der Waals surface area contributed by atoms with Crippen LogP contribution in [0.5, 0.6) is 0 Å². The molecule has 2 atom stereocenters. The van der Waals surface area contributed by atoms with E-state index >= 15 is 0 Å². The van der Waals surface area contributed by atoms with Gasteiger partial charge in [0.15, 0.2) is 0 Å². The van der Waals surface area contributed by atoms with Crippen LogP contribution in [0.2, 0.25) is 0 Å². The van der Waals surface area contributed by atoms with Crippen molar-refractivity contribution in [2.45, 2.75) is 32.9 Å². The maximum atomic E-state index is 11.7. The van der Waals surface area contributed by atoms with Gasteiger partial charge in [0, 0.05) is 0 Å². The van der Waals surface area contributed by atoms with Gasteiger partial charge in [-0.15, -0.1) is 11.6 Å². The van der Waals surface area contributed by atoms with E-state index in [1.165, 1.54) is 13.8 Å². The maximum absolute atomic E-state index is 11.7. The number of esters is 1. The molecule has 0 aliphatic rings. The van der Waals surface area contributed by atoms with Gasteiger partial charge in [0.25, 0.3) is 0 Å². The van der Waals surface area contributed by atoms with Gasteiger partial charge in [0.2, 0.25) is 5.91 Å². The number of alkyl halides is 1. The van der Waals surface area contributed by atoms with E-state index in [2.05, 4.69) is 15.4 Å². The van der Waals surface area contributed by atoms with Gasteiger partial charge in [-0.2, -0.15) is 0 Å². The second-order valence-electron chi connectivity index (χ2n) is 3.67. The highest BCUT2D eigenvalue weighted by Gasteiger charge is 2.21. The van der Waals surface area contributed by atoms with Gasteiger partial charge in [-0.1, -0.05) is 0 Å². The Labute approximate surface area is 117 Å². The lowest BCUT2D eigenvalue weighted by Crippen LogP contribution is -2.49. The van der Waals surface area contributed by atoms with Gasteiger partial charge in [-0.3, -0.25) is 4.79 Å². The molecule has 0 rings (SSSR count). The predicted octanol–water partition coefficient (Wildman–Crippen LogP) is 0.408. The van der Waals surface area contributed by atoms with Gasteiger partial charge in [0.1, 0.15) is 18.7 Å². The van der Waals surface area contributed by atoms with E-state index in [1.807, 2.05) is 0 Å². The number of amides is 2. The molecule has 0 radical (unpaired) electrons. The summed E-state index contributed by atoms with van der Waals surface area (Å²) in [5.41, 5.74) is 0. The van der Waals surface area contributed by atoms with Gasteiger partial charge >= 0.3 is 12.1 Å². The van der Waals surface area contributed by atoms with E-state index in [0.29, 0.717) is 0 Å². The van der Waals surface area contributed by atoms with E-state index in [0.717, 1.165) is 0 Å². The molecular weight excluding hydrogens is 276 g/mol. The van der Waals surface area contributed by atoms with Crippen LogP contribution in [-0.4, -0.2) is 49.1 Å².